The van der Waals surface area contributed by atoms with E-state index in [9.17, 15) is 13.2 Å². The molecule has 0 radical (unpaired) electrons. The number of nitrogens with zero attached hydrogens (tertiary/aromatic N) is 1. The highest BCUT2D eigenvalue weighted by atomic mass is 35.5. The second-order valence-electron chi connectivity index (χ2n) is 6.91. The Morgan fingerprint density at radius 3 is 2.31 bits per heavy atom. The summed E-state index contributed by atoms with van der Waals surface area (Å²) in [4.78, 5) is 13.7. The van der Waals surface area contributed by atoms with Crippen molar-refractivity contribution in [1.29, 1.82) is 0 Å². The molecular formula is C18H26ClNO5S. The van der Waals surface area contributed by atoms with Crippen LogP contribution in [0.25, 0.3) is 0 Å². The third-order valence-corrected chi connectivity index (χ3v) is 5.50. The molecule has 0 heterocycles. The normalized spacial score (nSPS) is 20.6. The first-order chi connectivity index (χ1) is 12.2. The van der Waals surface area contributed by atoms with Gasteiger partial charge in [0.15, 0.2) is 0 Å². The third kappa shape index (κ3) is 7.51. The number of carbonyl (C=O) groups is 1. The molecule has 1 fully saturated rings. The minimum atomic E-state index is -3.36. The van der Waals surface area contributed by atoms with E-state index in [2.05, 4.69) is 0 Å². The highest BCUT2D eigenvalue weighted by Gasteiger charge is 2.23. The Hall–Kier alpha value is -1.31. The molecule has 1 amide bonds. The number of halogens is 1. The van der Waals surface area contributed by atoms with E-state index in [0.717, 1.165) is 38.4 Å². The second-order valence-corrected chi connectivity index (χ2v) is 8.99. The lowest BCUT2D eigenvalue weighted by atomic mass is 9.81. The van der Waals surface area contributed by atoms with E-state index in [1.54, 1.807) is 36.2 Å². The van der Waals surface area contributed by atoms with Crippen molar-refractivity contribution in [3.05, 3.63) is 29.3 Å². The average molecular weight is 404 g/mol. The summed E-state index contributed by atoms with van der Waals surface area (Å²) >= 11 is 5.81. The van der Waals surface area contributed by atoms with E-state index in [4.69, 9.17) is 20.5 Å². The maximum Gasteiger partial charge on any atom is 0.414 e. The molecule has 1 saturated carbocycles. The summed E-state index contributed by atoms with van der Waals surface area (Å²) in [6, 6.07) is 6.67. The molecule has 1 aliphatic rings. The molecular weight excluding hydrogens is 378 g/mol. The van der Waals surface area contributed by atoms with Crippen LogP contribution >= 0.6 is 11.6 Å². The highest BCUT2D eigenvalue weighted by Crippen LogP contribution is 2.31. The van der Waals surface area contributed by atoms with Gasteiger partial charge in [-0.1, -0.05) is 24.4 Å². The quantitative estimate of drug-likeness (QED) is 0.644. The Bertz CT molecular complexity index is 684. The zero-order valence-electron chi connectivity index (χ0n) is 15.2. The van der Waals surface area contributed by atoms with Crippen LogP contribution < -0.4 is 4.74 Å². The van der Waals surface area contributed by atoms with Gasteiger partial charge < -0.3 is 9.64 Å². The van der Waals surface area contributed by atoms with Crippen LogP contribution in [0, 0.1) is 11.8 Å². The first-order valence-corrected chi connectivity index (χ1v) is 11.0. The number of rotatable bonds is 7. The van der Waals surface area contributed by atoms with Crippen LogP contribution in [0.1, 0.15) is 32.1 Å². The smallest absolute Gasteiger partial charge is 0.410 e. The van der Waals surface area contributed by atoms with Crippen LogP contribution in [-0.4, -0.2) is 45.9 Å². The third-order valence-electron chi connectivity index (χ3n) is 4.69. The van der Waals surface area contributed by atoms with Crippen molar-refractivity contribution < 1.29 is 22.1 Å². The van der Waals surface area contributed by atoms with Gasteiger partial charge in [0.2, 0.25) is 0 Å². The summed E-state index contributed by atoms with van der Waals surface area (Å²) in [5, 5.41) is 0.593. The molecule has 0 aliphatic heterocycles. The van der Waals surface area contributed by atoms with Gasteiger partial charge in [0, 0.05) is 18.6 Å². The summed E-state index contributed by atoms with van der Waals surface area (Å²) in [5.41, 5.74) is 0. The molecule has 0 bridgehead atoms. The van der Waals surface area contributed by atoms with Crippen LogP contribution in [0.2, 0.25) is 5.02 Å². The number of benzene rings is 1. The van der Waals surface area contributed by atoms with Crippen molar-refractivity contribution in [3.8, 4) is 5.75 Å². The van der Waals surface area contributed by atoms with Crippen molar-refractivity contribution in [2.75, 3.05) is 26.5 Å². The van der Waals surface area contributed by atoms with Gasteiger partial charge in [-0.3, -0.25) is 4.18 Å². The van der Waals surface area contributed by atoms with Crippen molar-refractivity contribution in [1.82, 2.24) is 4.90 Å². The molecule has 1 aromatic carbocycles. The maximum absolute atomic E-state index is 12.1. The highest BCUT2D eigenvalue weighted by molar-refractivity contribution is 7.85. The largest absolute Gasteiger partial charge is 0.414 e. The summed E-state index contributed by atoms with van der Waals surface area (Å²) in [7, 11) is -1.64. The van der Waals surface area contributed by atoms with Crippen LogP contribution in [0.3, 0.4) is 0 Å². The van der Waals surface area contributed by atoms with Gasteiger partial charge in [-0.05, 0) is 55.4 Å². The predicted octanol–water partition coefficient (Wildman–Crippen LogP) is 3.94. The van der Waals surface area contributed by atoms with Gasteiger partial charge in [0.25, 0.3) is 10.1 Å². The van der Waals surface area contributed by atoms with Crippen molar-refractivity contribution in [2.24, 2.45) is 11.8 Å². The minimum Gasteiger partial charge on any atom is -0.410 e. The lowest BCUT2D eigenvalue weighted by molar-refractivity contribution is 0.151. The fraction of sp³-hybridized carbons (Fsp3) is 0.611. The first-order valence-electron chi connectivity index (χ1n) is 8.76. The van der Waals surface area contributed by atoms with E-state index in [-0.39, 0.29) is 12.7 Å². The molecule has 0 saturated heterocycles. The summed E-state index contributed by atoms with van der Waals surface area (Å²) in [5.74, 6) is 1.31. The van der Waals surface area contributed by atoms with Crippen LogP contribution in [-0.2, 0) is 14.3 Å². The average Bonchev–Trinajstić information content (AvgIpc) is 2.60. The van der Waals surface area contributed by atoms with E-state index in [1.807, 2.05) is 0 Å². The van der Waals surface area contributed by atoms with Crippen molar-refractivity contribution >= 4 is 27.8 Å². The van der Waals surface area contributed by atoms with Crippen molar-refractivity contribution in [2.45, 2.75) is 32.1 Å². The molecule has 0 atom stereocenters. The van der Waals surface area contributed by atoms with Gasteiger partial charge in [0.1, 0.15) is 5.75 Å². The number of ether oxygens (including phenoxy) is 1. The molecule has 0 spiro atoms. The molecule has 1 aromatic rings. The number of carbonyl (C=O) groups excluding carboxylic acids is 1. The lowest BCUT2D eigenvalue weighted by Gasteiger charge is -2.29. The number of hydrogen-bond donors (Lipinski definition) is 0. The molecule has 26 heavy (non-hydrogen) atoms. The summed E-state index contributed by atoms with van der Waals surface area (Å²) in [6.07, 6.45) is 5.57. The Labute approximate surface area is 160 Å². The molecule has 0 unspecified atom stereocenters. The number of amides is 1. The summed E-state index contributed by atoms with van der Waals surface area (Å²) in [6.45, 7) is 0.903. The molecule has 0 aromatic heterocycles. The van der Waals surface area contributed by atoms with E-state index >= 15 is 0 Å². The van der Waals surface area contributed by atoms with Crippen molar-refractivity contribution in [3.63, 3.8) is 0 Å². The predicted molar refractivity (Wildman–Crippen MR) is 101 cm³/mol. The topological polar surface area (TPSA) is 72.9 Å². The standard InChI is InChI=1S/C18H26ClNO5S/c1-20(18(21)25-17-9-7-16(19)8-10-17)12-11-14-3-5-15(6-4-14)13-24-26(2,22)23/h7-10,14-15H,3-6,11-13H2,1-2H3/t14-,15-. The molecule has 8 heteroatoms. The molecule has 1 aliphatic carbocycles. The lowest BCUT2D eigenvalue weighted by Crippen LogP contribution is -2.32. The minimum absolute atomic E-state index is 0.277. The Kier molecular flexibility index (Phi) is 7.73. The van der Waals surface area contributed by atoms with Crippen LogP contribution in [0.15, 0.2) is 24.3 Å². The zero-order chi connectivity index (χ0) is 19.2. The van der Waals surface area contributed by atoms with E-state index in [0.29, 0.717) is 29.2 Å². The molecule has 0 N–H and O–H groups in total. The molecule has 6 nitrogen and oxygen atoms in total. The zero-order valence-corrected chi connectivity index (χ0v) is 16.8. The number of hydrogen-bond acceptors (Lipinski definition) is 5. The Morgan fingerprint density at radius 1 is 1.15 bits per heavy atom. The molecule has 146 valence electrons. The first kappa shape index (κ1) is 21.0. The van der Waals surface area contributed by atoms with Gasteiger partial charge in [-0.2, -0.15) is 8.42 Å². The summed E-state index contributed by atoms with van der Waals surface area (Å²) < 4.78 is 32.3. The van der Waals surface area contributed by atoms with Crippen LogP contribution in [0.5, 0.6) is 5.75 Å². The maximum atomic E-state index is 12.1. The monoisotopic (exact) mass is 403 g/mol. The van der Waals surface area contributed by atoms with Gasteiger partial charge in [-0.25, -0.2) is 4.79 Å². The fourth-order valence-corrected chi connectivity index (χ4v) is 3.62. The van der Waals surface area contributed by atoms with E-state index in [1.165, 1.54) is 0 Å². The van der Waals surface area contributed by atoms with Gasteiger partial charge in [-0.15, -0.1) is 0 Å². The van der Waals surface area contributed by atoms with Gasteiger partial charge >= 0.3 is 6.09 Å². The van der Waals surface area contributed by atoms with E-state index < -0.39 is 10.1 Å². The Morgan fingerprint density at radius 2 is 1.73 bits per heavy atom. The molecule has 2 rings (SSSR count). The fourth-order valence-electron chi connectivity index (χ4n) is 3.06. The SMILES string of the molecule is CN(CC[C@H]1CC[C@H](COS(C)(=O)=O)CC1)C(=O)Oc1ccc(Cl)cc1. The van der Waals surface area contributed by atoms with Crippen LogP contribution in [0.4, 0.5) is 4.79 Å². The van der Waals surface area contributed by atoms with Gasteiger partial charge in [0.05, 0.1) is 12.9 Å². The Balaban J connectivity index is 1.67. The second kappa shape index (κ2) is 9.58.